The largest absolute Gasteiger partial charge is 0.400 e. The summed E-state index contributed by atoms with van der Waals surface area (Å²) in [5.41, 5.74) is 1.55. The second-order valence-corrected chi connectivity index (χ2v) is 42.1. The third-order valence-corrected chi connectivity index (χ3v) is 31.3. The number of amides is 2. The average Bonchev–Trinajstić information content (AvgIpc) is 1.64. The molecule has 26 nitrogen and oxygen atoms in total. The van der Waals surface area contributed by atoms with Gasteiger partial charge in [0.05, 0.1) is 52.7 Å². The predicted molar refractivity (Wildman–Crippen MR) is 479 cm³/mol. The zero-order valence-electron chi connectivity index (χ0n) is 79.4. The van der Waals surface area contributed by atoms with Gasteiger partial charge in [0.25, 0.3) is 19.6 Å². The van der Waals surface area contributed by atoms with Crippen LogP contribution in [-0.4, -0.2) is 206 Å². The molecule has 4 aromatic rings. The summed E-state index contributed by atoms with van der Waals surface area (Å²) in [5.74, 6) is 2.04. The third kappa shape index (κ3) is 45.6. The van der Waals surface area contributed by atoms with Crippen molar-refractivity contribution in [3.63, 3.8) is 0 Å². The molecule has 0 saturated carbocycles. The van der Waals surface area contributed by atoms with E-state index in [1.54, 1.807) is 21.6 Å². The standard InChI is InChI=1S/C40H64FN4O8PS2.C25H41NO4S2.C9H11FN2O4.C7H17ClNP.2CH4O.5U/c1-10-40(11-2)25-49-37(50-26-40)31-16-14-30(15-17-31)24-42-32(46)18-20-39(8,9)56-55-23-13-12-22-51-54(45(27(3)4)28(5)6)53-35-29(7)52-36(34(35)41)44-21-19-33(47)43-38(44)48;1-5-25(6-2)18-29-23(30-19-25)21-11-9-20(10-12-21)17-26-22(28)13-14-24(3,4)32-31-16-8-7-15-27;1-4-7(14)6(10)8(16-4)12-3-2-5(13)11-9(12)15;1-6(2)9(7(3)4)10(5)8;2*1-2;;;;;/h14-17,19,21,27-29,34-37H,10-13,18,20,22-26H2,1-9H3,(H,42,46)(H,43,47,48);9-12,23,27H,5-8,13-19H2,1-4H3,(H,26,28);2-4,6-8,14H,1H3,(H,11,13,15);6-7H,1-5H3;2*2H,1H3;;;;;/t29-,34+,35?,36-,54?;;4-,6+,7?,8-;;;;;;;;/m1.1......../s1/i7D;;1D;;2*2T;;;;;. The van der Waals surface area contributed by atoms with E-state index in [4.69, 9.17) is 59.4 Å². The number of halogens is 3. The van der Waals surface area contributed by atoms with Gasteiger partial charge in [-0.05, 0) is 179 Å². The number of benzene rings is 2. The number of hydrogen-bond acceptors (Lipinski definition) is 24. The molecule has 696 valence electrons. The van der Waals surface area contributed by atoms with E-state index >= 15 is 4.39 Å². The number of alkyl halides is 2. The van der Waals surface area contributed by atoms with Crippen LogP contribution in [0.2, 0.25) is 0 Å². The molecule has 2 aromatic carbocycles. The molecular formula is C83H141ClF2N8O18P2S4U5. The average molecular weight is 3000 g/mol. The molecule has 2 amide bonds. The normalized spacial score (nSPS) is 20.7. The minimum atomic E-state index is -1.81. The summed E-state index contributed by atoms with van der Waals surface area (Å²) in [5, 5.41) is 31.4. The molecule has 2 aromatic heterocycles. The van der Waals surface area contributed by atoms with Gasteiger partial charge in [-0.25, -0.2) is 23.0 Å². The van der Waals surface area contributed by atoms with Gasteiger partial charge < -0.3 is 68.5 Å². The number of nitrogens with one attached hydrogen (secondary N) is 4. The molecule has 8 rings (SSSR count). The Hall–Kier alpha value is 1.85. The van der Waals surface area contributed by atoms with Gasteiger partial charge in [-0.15, -0.1) is 0 Å². The number of aliphatic hydroxyl groups is 4. The molecule has 8 N–H and O–H groups in total. The van der Waals surface area contributed by atoms with Gasteiger partial charge in [0.2, 0.25) is 14.7 Å². The van der Waals surface area contributed by atoms with E-state index < -0.39 is 87.7 Å². The van der Waals surface area contributed by atoms with Crippen molar-refractivity contribution >= 4 is 82.2 Å². The summed E-state index contributed by atoms with van der Waals surface area (Å²) in [6.45, 7) is 40.3. The molecule has 40 heteroatoms. The Labute approximate surface area is 878 Å². The molecule has 4 saturated heterocycles. The fraction of sp³-hybridized carbons (Fsp3) is 0.735. The number of H-pyrrole nitrogens is 2. The van der Waals surface area contributed by atoms with E-state index in [1.807, 2.05) is 103 Å². The number of carbonyl (C=O) groups is 2. The quantitative estimate of drug-likeness (QED) is 0.0116. The fourth-order valence-corrected chi connectivity index (χ4v) is 22.3. The number of aliphatic hydroxyl groups excluding tert-OH is 4. The smallest absolute Gasteiger partial charge is 0.330 e. The van der Waals surface area contributed by atoms with Crippen LogP contribution in [0.4, 0.5) is 8.78 Å². The van der Waals surface area contributed by atoms with E-state index in [0.29, 0.717) is 57.8 Å². The maximum absolute atomic E-state index is 15.9. The molecule has 0 radical (unpaired) electrons. The first kappa shape index (κ1) is 121. The number of hydrogen-bond donors (Lipinski definition) is 8. The van der Waals surface area contributed by atoms with Gasteiger partial charge in [-0.3, -0.25) is 43.0 Å². The van der Waals surface area contributed by atoms with Gasteiger partial charge in [-0.2, -0.15) is 0 Å². The van der Waals surface area contributed by atoms with E-state index in [2.05, 4.69) is 125 Å². The Kier molecular flexibility index (Phi) is 66.8. The van der Waals surface area contributed by atoms with E-state index in [0.717, 1.165) is 139 Å². The molecule has 0 spiro atoms. The first-order valence-electron chi connectivity index (χ1n) is 42.9. The van der Waals surface area contributed by atoms with Crippen molar-refractivity contribution in [3.05, 3.63) is 137 Å². The summed E-state index contributed by atoms with van der Waals surface area (Å²) in [6.07, 6.45) is 1.19. The van der Waals surface area contributed by atoms with E-state index in [9.17, 15) is 38.3 Å². The number of aromatic nitrogens is 4. The number of rotatable bonds is 40. The van der Waals surface area contributed by atoms with Crippen LogP contribution in [0.5, 0.6) is 0 Å². The minimum Gasteiger partial charge on any atom is -0.400 e. The maximum Gasteiger partial charge on any atom is 0.330 e. The van der Waals surface area contributed by atoms with Crippen molar-refractivity contribution in [1.82, 2.24) is 39.1 Å². The van der Waals surface area contributed by atoms with Crippen LogP contribution in [-0.2, 0) is 60.1 Å². The fourth-order valence-electron chi connectivity index (χ4n) is 12.7. The number of nitrogens with zero attached hydrogens (tertiary/aromatic N) is 4. The van der Waals surface area contributed by atoms with Crippen molar-refractivity contribution in [2.24, 2.45) is 10.8 Å². The van der Waals surface area contributed by atoms with Crippen LogP contribution < -0.4 is 33.1 Å². The Bertz CT molecular complexity index is 3780. The zero-order chi connectivity index (χ0) is 91.5. The number of carbonyl (C=O) groups excluding carboxylic acids is 2. The molecule has 6 heterocycles. The second-order valence-electron chi connectivity index (χ2n) is 31.6. The number of ether oxygens (including phenoxy) is 6. The van der Waals surface area contributed by atoms with E-state index in [-0.39, 0.29) is 233 Å². The van der Waals surface area contributed by atoms with Crippen LogP contribution >= 0.6 is 70.4 Å². The Morgan fingerprint density at radius 3 is 1.32 bits per heavy atom. The molecule has 123 heavy (non-hydrogen) atoms. The number of aromatic amines is 2. The van der Waals surface area contributed by atoms with Gasteiger partial charge in [0, 0.05) is 297 Å². The second kappa shape index (κ2) is 68.0. The molecule has 4 aliphatic heterocycles. The SMILES string of the molecule is CC(C)N(C(C)C)P(C)Cl.CCC1(CC)COC(c2ccc(CNC(=O)CCC(C)(C)SSCCCCO)cc2)OC1.[2H]C[C@H]1O[C@@H](n2ccc(=O)[nH]c2=O)[C@@H](F)C1O.[2H]C[C@H]1O[C@@H](n2ccc(=O)[nH]c2=O)[C@@H](F)C1OP(OCCCCSSC(C)(C)CCC(=O)NCc1ccc(C2OCC(CC)(CC)CO2)cc1)N(C(C)C)C(C)C.[3H]OC.[3H]OC.[U].[U].[U].[U].[U]. The van der Waals surface area contributed by atoms with Crippen molar-refractivity contribution in [2.45, 2.75) is 310 Å². The van der Waals surface area contributed by atoms with Gasteiger partial charge >= 0.3 is 11.4 Å². The van der Waals surface area contributed by atoms with Crippen molar-refractivity contribution in [1.29, 1.82) is 2.86 Å². The van der Waals surface area contributed by atoms with Crippen LogP contribution in [0.3, 0.4) is 0 Å². The van der Waals surface area contributed by atoms with Crippen molar-refractivity contribution in [2.75, 3.05) is 72.0 Å². The Morgan fingerprint density at radius 2 is 0.992 bits per heavy atom. The van der Waals surface area contributed by atoms with E-state index in [1.165, 1.54) is 20.4 Å². The maximum atomic E-state index is 15.9. The molecular weight excluding hydrogens is 2850 g/mol. The molecule has 0 aliphatic carbocycles. The zero-order valence-corrected chi connectivity index (χ0v) is 102. The third-order valence-electron chi connectivity index (χ3n) is 20.2. The first-order chi connectivity index (χ1) is 57.8. The van der Waals surface area contributed by atoms with Crippen LogP contribution in [0, 0.1) is 166 Å². The molecule has 4 aliphatic rings. The van der Waals surface area contributed by atoms with Crippen LogP contribution in [0.25, 0.3) is 0 Å². The van der Waals surface area contributed by atoms with Crippen molar-refractivity contribution in [3.8, 4) is 0 Å². The predicted octanol–water partition coefficient (Wildman–Crippen LogP) is 16.0. The molecule has 4 fully saturated rings. The summed E-state index contributed by atoms with van der Waals surface area (Å²) in [4.78, 5) is 75.4. The van der Waals surface area contributed by atoms with Crippen LogP contribution in [0.15, 0.2) is 92.2 Å². The van der Waals surface area contributed by atoms with Gasteiger partial charge in [0.15, 0.2) is 37.4 Å². The summed E-state index contributed by atoms with van der Waals surface area (Å²) < 4.78 is 110. The summed E-state index contributed by atoms with van der Waals surface area (Å²) in [6, 6.07) is 19.6. The summed E-state index contributed by atoms with van der Waals surface area (Å²) in [7, 11) is 7.64. The minimum absolute atomic E-state index is 0. The Balaban J connectivity index is -0.00000183. The molecule has 4 unspecified atom stereocenters. The summed E-state index contributed by atoms with van der Waals surface area (Å²) >= 11 is 6.02. The van der Waals surface area contributed by atoms with Crippen LogP contribution in [0.1, 0.15) is 252 Å². The number of unbranched alkanes of at least 4 members (excludes halogenated alkanes) is 2. The Morgan fingerprint density at radius 1 is 0.626 bits per heavy atom. The molecule has 0 bridgehead atoms. The topological polar surface area (TPSA) is 329 Å². The monoisotopic (exact) mass is 3000 g/mol. The van der Waals surface area contributed by atoms with Gasteiger partial charge in [-0.1, -0.05) is 131 Å². The first-order valence-corrected chi connectivity index (χ1v) is 49.1. The van der Waals surface area contributed by atoms with Crippen molar-refractivity contribution < 1.29 is 235 Å². The molecule has 10 atom stereocenters. The van der Waals surface area contributed by atoms with Gasteiger partial charge in [0.1, 0.15) is 12.2 Å².